The molecule has 0 bridgehead atoms. The summed E-state index contributed by atoms with van der Waals surface area (Å²) in [5.74, 6) is 0.281. The lowest BCUT2D eigenvalue weighted by Crippen LogP contribution is -1.94. The number of hydrogen-bond donors (Lipinski definition) is 0. The largest absolute Gasteiger partial charge is 0.287 e. The maximum atomic E-state index is 11.3. The predicted molar refractivity (Wildman–Crippen MR) is 52.0 cm³/mol. The fraction of sp³-hybridized carbons (Fsp3) is 0.222. The molecule has 12 heavy (non-hydrogen) atoms. The molecular weight excluding hydrogens is 170 g/mol. The number of aryl methyl sites for hydroxylation is 1. The van der Waals surface area contributed by atoms with Crippen molar-refractivity contribution in [1.29, 1.82) is 0 Å². The van der Waals surface area contributed by atoms with Gasteiger partial charge in [0.1, 0.15) is 5.88 Å². The normalized spacial score (nSPS) is 12.4. The molecule has 3 heteroatoms. The second-order valence-corrected chi connectivity index (χ2v) is 3.93. The average Bonchev–Trinajstić information content (AvgIpc) is 2.06. The number of benzene rings is 1. The standard InChI is InChI=1S/C9H11NOS/c1-8-3-5-9(6-4-8)12(11)7-10-2/h3-6H,2,7H2,1H3. The Labute approximate surface area is 74.8 Å². The van der Waals surface area contributed by atoms with Crippen molar-refractivity contribution < 1.29 is 4.21 Å². The fourth-order valence-corrected chi connectivity index (χ4v) is 1.60. The molecule has 0 heterocycles. The van der Waals surface area contributed by atoms with Crippen LogP contribution in [0, 0.1) is 6.92 Å². The van der Waals surface area contributed by atoms with Crippen molar-refractivity contribution in [2.75, 3.05) is 5.88 Å². The zero-order valence-corrected chi connectivity index (χ0v) is 7.80. The van der Waals surface area contributed by atoms with Gasteiger partial charge in [0.05, 0.1) is 10.8 Å². The Bertz CT molecular complexity index is 292. The minimum atomic E-state index is -1.02. The van der Waals surface area contributed by atoms with Crippen LogP contribution in [0.1, 0.15) is 5.56 Å². The molecule has 0 fully saturated rings. The Morgan fingerprint density at radius 1 is 1.42 bits per heavy atom. The number of aliphatic imine (C=N–C) groups is 1. The van der Waals surface area contributed by atoms with E-state index in [1.807, 2.05) is 31.2 Å². The Balaban J connectivity index is 2.82. The van der Waals surface area contributed by atoms with E-state index in [1.54, 1.807) is 0 Å². The highest BCUT2D eigenvalue weighted by atomic mass is 32.2. The van der Waals surface area contributed by atoms with E-state index in [2.05, 4.69) is 11.7 Å². The molecule has 1 rings (SSSR count). The van der Waals surface area contributed by atoms with E-state index in [9.17, 15) is 4.21 Å². The van der Waals surface area contributed by atoms with Crippen LogP contribution >= 0.6 is 0 Å². The molecule has 0 aliphatic rings. The molecule has 0 saturated carbocycles. The smallest absolute Gasteiger partial charge is 0.118 e. The third-order valence-electron chi connectivity index (χ3n) is 1.49. The molecule has 1 atom stereocenters. The van der Waals surface area contributed by atoms with E-state index >= 15 is 0 Å². The first-order chi connectivity index (χ1) is 5.74. The highest BCUT2D eigenvalue weighted by Crippen LogP contribution is 2.07. The zero-order valence-electron chi connectivity index (χ0n) is 6.99. The minimum Gasteiger partial charge on any atom is -0.287 e. The van der Waals surface area contributed by atoms with E-state index in [-0.39, 0.29) is 5.88 Å². The van der Waals surface area contributed by atoms with Crippen molar-refractivity contribution in [3.63, 3.8) is 0 Å². The molecule has 0 saturated heterocycles. The first kappa shape index (κ1) is 9.13. The second-order valence-electron chi connectivity index (χ2n) is 2.51. The van der Waals surface area contributed by atoms with Crippen molar-refractivity contribution in [2.45, 2.75) is 11.8 Å². The molecule has 1 aromatic rings. The summed E-state index contributed by atoms with van der Waals surface area (Å²) in [4.78, 5) is 4.40. The molecule has 0 aliphatic heterocycles. The van der Waals surface area contributed by atoms with E-state index in [0.717, 1.165) is 4.90 Å². The van der Waals surface area contributed by atoms with Gasteiger partial charge in [-0.1, -0.05) is 17.7 Å². The Kier molecular flexibility index (Phi) is 3.17. The van der Waals surface area contributed by atoms with E-state index in [4.69, 9.17) is 0 Å². The molecule has 0 amide bonds. The first-order valence-corrected chi connectivity index (χ1v) is 4.93. The summed E-state index contributed by atoms with van der Waals surface area (Å²) in [6.45, 7) is 5.30. The lowest BCUT2D eigenvalue weighted by molar-refractivity contribution is 0.683. The van der Waals surface area contributed by atoms with Crippen LogP contribution in [-0.2, 0) is 10.8 Å². The van der Waals surface area contributed by atoms with Crippen LogP contribution in [0.2, 0.25) is 0 Å². The van der Waals surface area contributed by atoms with Gasteiger partial charge in [-0.2, -0.15) is 0 Å². The zero-order chi connectivity index (χ0) is 8.97. The van der Waals surface area contributed by atoms with Gasteiger partial charge in [-0.15, -0.1) is 0 Å². The summed E-state index contributed by atoms with van der Waals surface area (Å²) in [6, 6.07) is 7.60. The summed E-state index contributed by atoms with van der Waals surface area (Å²) in [5, 5.41) is 0. The fourth-order valence-electron chi connectivity index (χ4n) is 0.847. The number of nitrogens with zero attached hydrogens (tertiary/aromatic N) is 1. The minimum absolute atomic E-state index is 0.281. The molecule has 0 N–H and O–H groups in total. The van der Waals surface area contributed by atoms with Gasteiger partial charge in [0.2, 0.25) is 0 Å². The summed E-state index contributed by atoms with van der Waals surface area (Å²) in [5.41, 5.74) is 1.17. The quantitative estimate of drug-likeness (QED) is 0.653. The van der Waals surface area contributed by atoms with Crippen LogP contribution in [0.4, 0.5) is 0 Å². The van der Waals surface area contributed by atoms with Crippen LogP contribution in [0.25, 0.3) is 0 Å². The molecule has 2 nitrogen and oxygen atoms in total. The lowest BCUT2D eigenvalue weighted by atomic mass is 10.2. The lowest BCUT2D eigenvalue weighted by Gasteiger charge is -1.98. The van der Waals surface area contributed by atoms with Crippen LogP contribution in [-0.4, -0.2) is 16.8 Å². The van der Waals surface area contributed by atoms with Gasteiger partial charge in [0, 0.05) is 4.90 Å². The average molecular weight is 181 g/mol. The van der Waals surface area contributed by atoms with Gasteiger partial charge in [0.15, 0.2) is 0 Å². The summed E-state index contributed by atoms with van der Waals surface area (Å²) in [7, 11) is -1.02. The van der Waals surface area contributed by atoms with Crippen molar-refractivity contribution in [3.05, 3.63) is 29.8 Å². The number of rotatable bonds is 3. The van der Waals surface area contributed by atoms with E-state index in [1.165, 1.54) is 5.56 Å². The third kappa shape index (κ3) is 2.27. The summed E-state index contributed by atoms with van der Waals surface area (Å²) in [6.07, 6.45) is 0. The van der Waals surface area contributed by atoms with Crippen molar-refractivity contribution in [2.24, 2.45) is 4.99 Å². The van der Waals surface area contributed by atoms with Crippen molar-refractivity contribution in [1.82, 2.24) is 0 Å². The predicted octanol–water partition coefficient (Wildman–Crippen LogP) is 1.76. The van der Waals surface area contributed by atoms with Gasteiger partial charge >= 0.3 is 0 Å². The van der Waals surface area contributed by atoms with E-state index < -0.39 is 10.8 Å². The maximum absolute atomic E-state index is 11.3. The summed E-state index contributed by atoms with van der Waals surface area (Å²) >= 11 is 0. The van der Waals surface area contributed by atoms with Gasteiger partial charge in [-0.25, -0.2) is 0 Å². The molecule has 0 aliphatic carbocycles. The first-order valence-electron chi connectivity index (χ1n) is 3.61. The molecule has 0 spiro atoms. The molecule has 64 valence electrons. The highest BCUT2D eigenvalue weighted by molar-refractivity contribution is 7.85. The molecular formula is C9H11NOS. The second kappa shape index (κ2) is 4.16. The van der Waals surface area contributed by atoms with Gasteiger partial charge < -0.3 is 0 Å². The van der Waals surface area contributed by atoms with Gasteiger partial charge in [0.25, 0.3) is 0 Å². The Morgan fingerprint density at radius 2 is 2.00 bits per heavy atom. The van der Waals surface area contributed by atoms with Crippen molar-refractivity contribution >= 4 is 17.5 Å². The van der Waals surface area contributed by atoms with Crippen LogP contribution < -0.4 is 0 Å². The van der Waals surface area contributed by atoms with Crippen LogP contribution in [0.3, 0.4) is 0 Å². The molecule has 0 aromatic heterocycles. The monoisotopic (exact) mass is 181 g/mol. The van der Waals surface area contributed by atoms with Crippen LogP contribution in [0.15, 0.2) is 34.2 Å². The topological polar surface area (TPSA) is 29.4 Å². The molecule has 1 unspecified atom stereocenters. The summed E-state index contributed by atoms with van der Waals surface area (Å²) < 4.78 is 11.3. The van der Waals surface area contributed by atoms with Crippen molar-refractivity contribution in [3.8, 4) is 0 Å². The Hall–Kier alpha value is -0.960. The molecule has 1 aromatic carbocycles. The SMILES string of the molecule is C=NCS(=O)c1ccc(C)cc1. The maximum Gasteiger partial charge on any atom is 0.118 e. The van der Waals surface area contributed by atoms with Crippen LogP contribution in [0.5, 0.6) is 0 Å². The van der Waals surface area contributed by atoms with E-state index in [0.29, 0.717) is 0 Å². The highest BCUT2D eigenvalue weighted by Gasteiger charge is 1.99. The van der Waals surface area contributed by atoms with Gasteiger partial charge in [-0.3, -0.25) is 9.20 Å². The number of hydrogen-bond acceptors (Lipinski definition) is 2. The molecule has 0 radical (unpaired) electrons. The third-order valence-corrected chi connectivity index (χ3v) is 2.71. The Morgan fingerprint density at radius 3 is 2.50 bits per heavy atom. The van der Waals surface area contributed by atoms with Gasteiger partial charge in [-0.05, 0) is 25.8 Å².